The molecule has 14 heteroatoms. The van der Waals surface area contributed by atoms with Crippen LogP contribution in [0.5, 0.6) is 0 Å². The lowest BCUT2D eigenvalue weighted by Crippen LogP contribution is -2.63. The molecule has 67 heavy (non-hydrogen) atoms. The van der Waals surface area contributed by atoms with Crippen LogP contribution < -0.4 is 10.9 Å². The molecule has 0 saturated carbocycles. The monoisotopic (exact) mass is 937 g/mol. The highest BCUT2D eigenvalue weighted by Crippen LogP contribution is 2.54. The first kappa shape index (κ1) is 52.9. The fourth-order valence-electron chi connectivity index (χ4n) is 11.8. The number of hydrogen-bond donors (Lipinski definition) is 4. The molecule has 4 N–H and O–H groups in total. The lowest BCUT2D eigenvalue weighted by atomic mass is 9.72. The summed E-state index contributed by atoms with van der Waals surface area (Å²) in [6.07, 6.45) is 8.27. The second-order valence-corrected chi connectivity index (χ2v) is 20.9. The number of carbonyl (C=O) groups excluding carboxylic acids is 4. The third-order valence-electron chi connectivity index (χ3n) is 16.3. The summed E-state index contributed by atoms with van der Waals surface area (Å²) in [6, 6.07) is 9.39. The summed E-state index contributed by atoms with van der Waals surface area (Å²) in [5.41, 5.74) is 4.19. The van der Waals surface area contributed by atoms with Crippen molar-refractivity contribution in [3.8, 4) is 0 Å². The summed E-state index contributed by atoms with van der Waals surface area (Å²) in [5, 5.41) is 23.2. The maximum Gasteiger partial charge on any atom is 0.303 e. The molecule has 2 amide bonds. The number of Topliss-reactive ketones (excluding diaryl/α,β-unsaturated/α-hetero) is 1. The molecule has 2 spiro atoms. The molecular formula is C53H80N2O12. The molecule has 5 aliphatic heterocycles. The maximum atomic E-state index is 14.8. The number of aliphatic hydroxyl groups is 2. The lowest BCUT2D eigenvalue weighted by molar-refractivity contribution is -0.409. The Morgan fingerprint density at radius 2 is 1.58 bits per heavy atom. The number of esters is 1. The normalized spacial score (nSPS) is 38.8. The van der Waals surface area contributed by atoms with Crippen molar-refractivity contribution in [3.63, 3.8) is 0 Å². The Balaban J connectivity index is 1.13. The Morgan fingerprint density at radius 3 is 2.22 bits per heavy atom. The molecule has 5 aliphatic rings. The van der Waals surface area contributed by atoms with Crippen molar-refractivity contribution >= 4 is 29.6 Å². The Hall–Kier alpha value is -3.50. The van der Waals surface area contributed by atoms with Crippen molar-refractivity contribution in [2.24, 2.45) is 41.4 Å². The van der Waals surface area contributed by atoms with E-state index < -0.39 is 94.9 Å². The number of carbonyl (C=O) groups is 4. The van der Waals surface area contributed by atoms with Gasteiger partial charge in [-0.1, -0.05) is 85.7 Å². The van der Waals surface area contributed by atoms with Gasteiger partial charge in [0, 0.05) is 43.1 Å². The number of nitrogens with one attached hydrogen (secondary N) is 2. The van der Waals surface area contributed by atoms with Gasteiger partial charge in [0.1, 0.15) is 5.78 Å². The van der Waals surface area contributed by atoms with E-state index in [9.17, 15) is 29.4 Å². The Bertz CT molecular complexity index is 1950. The predicted octanol–water partition coefficient (Wildman–Crippen LogP) is 7.54. The van der Waals surface area contributed by atoms with Crippen LogP contribution in [0.15, 0.2) is 48.6 Å². The van der Waals surface area contributed by atoms with E-state index in [0.717, 1.165) is 12.0 Å². The van der Waals surface area contributed by atoms with Gasteiger partial charge in [-0.2, -0.15) is 0 Å². The molecule has 14 nitrogen and oxygen atoms in total. The predicted molar refractivity (Wildman–Crippen MR) is 252 cm³/mol. The summed E-state index contributed by atoms with van der Waals surface area (Å²) >= 11 is 0. The molecule has 4 saturated heterocycles. The Kier molecular flexibility index (Phi) is 17.1. The molecule has 18 atom stereocenters. The summed E-state index contributed by atoms with van der Waals surface area (Å²) in [6.45, 7) is 21.0. The molecule has 4 fully saturated rings. The van der Waals surface area contributed by atoms with Crippen LogP contribution in [-0.2, 0) is 47.6 Å². The molecule has 5 heterocycles. The summed E-state index contributed by atoms with van der Waals surface area (Å²) in [7, 11) is 0. The summed E-state index contributed by atoms with van der Waals surface area (Å²) < 4.78 is 40.3. The highest BCUT2D eigenvalue weighted by atomic mass is 16.8. The van der Waals surface area contributed by atoms with Crippen LogP contribution >= 0.6 is 0 Å². The number of rotatable bonds is 15. The quantitative estimate of drug-likeness (QED) is 0.0587. The van der Waals surface area contributed by atoms with E-state index in [1.165, 1.54) is 13.0 Å². The van der Waals surface area contributed by atoms with Crippen LogP contribution in [0.4, 0.5) is 0 Å². The third kappa shape index (κ3) is 11.3. The van der Waals surface area contributed by atoms with Crippen molar-refractivity contribution in [3.05, 3.63) is 54.1 Å². The van der Waals surface area contributed by atoms with Gasteiger partial charge in [-0.25, -0.2) is 0 Å². The van der Waals surface area contributed by atoms with Gasteiger partial charge in [-0.3, -0.25) is 30.0 Å². The molecule has 374 valence electrons. The van der Waals surface area contributed by atoms with Crippen LogP contribution in [0.2, 0.25) is 0 Å². The first-order valence-electron chi connectivity index (χ1n) is 25.2. The maximum absolute atomic E-state index is 14.8. The van der Waals surface area contributed by atoms with Crippen molar-refractivity contribution in [2.45, 2.75) is 206 Å². The standard InChI is InChI=1S/C53H80N2O12/c1-12-39(49(60)55-54-44(57)23-21-38-18-16-15-17-19-38)41-22-20-31(4)47(64-41)35(8)45(58)34(7)46(59)40(13-2)48-32(5)30-33(6)52(65-48)27-25-43(63-37(10)56)53(67-52)29-28-50(11,66-53)42-24-26-51(61,14-3)36(9)62-42/h15-19,21,23,25,27,31-36,39-43,45,47-48,58,61H,12-14,20,22,24,26,28-30H2,1-11H3,(H,54,57)(H,55,60)/b23-21+/t31-,32?,33?,34-,35?,36?,39?,40-,41+,42+,43+,45?,47+,48-,50-,51+,52-,53-/m0/s1. The van der Waals surface area contributed by atoms with Gasteiger partial charge >= 0.3 is 5.97 Å². The molecule has 0 aliphatic carbocycles. The first-order chi connectivity index (χ1) is 31.6. The summed E-state index contributed by atoms with van der Waals surface area (Å²) in [5.74, 6) is -6.59. The molecule has 1 aromatic carbocycles. The number of ether oxygens (including phenoxy) is 6. The van der Waals surface area contributed by atoms with Gasteiger partial charge < -0.3 is 38.6 Å². The van der Waals surface area contributed by atoms with E-state index in [1.807, 2.05) is 84.0 Å². The minimum atomic E-state index is -1.40. The number of benzene rings is 1. The average molecular weight is 937 g/mol. The Labute approximate surface area is 398 Å². The molecule has 0 aromatic heterocycles. The van der Waals surface area contributed by atoms with Crippen molar-refractivity contribution < 1.29 is 57.8 Å². The smallest absolute Gasteiger partial charge is 0.303 e. The minimum absolute atomic E-state index is 0.0381. The first-order valence-corrected chi connectivity index (χ1v) is 25.2. The Morgan fingerprint density at radius 1 is 0.881 bits per heavy atom. The molecular weight excluding hydrogens is 857 g/mol. The SMILES string of the molecule is CCC(C(=O)NNC(=O)/C=C/c1ccccc1)[C@H]1CC[C@H](C)[C@H](C(C)C(O)[C@H](C)C(=O)[C@H](CC)[C@H]2O[C@]3(C=C[C@@H](OC(C)=O)[C@]4(CC[C@@](C)([C@H]5CC[C@](O)(CC)C(C)O5)O4)O3)C(C)CC2C)O1. The molecule has 0 radical (unpaired) electrons. The second kappa shape index (κ2) is 21.6. The van der Waals surface area contributed by atoms with Crippen LogP contribution in [0.3, 0.4) is 0 Å². The second-order valence-electron chi connectivity index (χ2n) is 20.9. The van der Waals surface area contributed by atoms with Crippen LogP contribution in [-0.4, -0.2) is 99.3 Å². The lowest BCUT2D eigenvalue weighted by Gasteiger charge is -2.54. The number of aliphatic hydroxyl groups excluding tert-OH is 1. The van der Waals surface area contributed by atoms with Crippen molar-refractivity contribution in [1.29, 1.82) is 0 Å². The minimum Gasteiger partial charge on any atom is -0.453 e. The number of hydrazine groups is 1. The number of ketones is 1. The fraction of sp³-hybridized carbons (Fsp3) is 0.736. The summed E-state index contributed by atoms with van der Waals surface area (Å²) in [4.78, 5) is 53.2. The number of amides is 2. The van der Waals surface area contributed by atoms with E-state index in [0.29, 0.717) is 57.8 Å². The highest BCUT2D eigenvalue weighted by Gasteiger charge is 2.64. The zero-order valence-corrected chi connectivity index (χ0v) is 41.8. The van der Waals surface area contributed by atoms with Gasteiger partial charge in [-0.05, 0) is 107 Å². The molecule has 0 bridgehead atoms. The van der Waals surface area contributed by atoms with Gasteiger partial charge in [0.15, 0.2) is 11.9 Å². The van der Waals surface area contributed by atoms with Gasteiger partial charge in [-0.15, -0.1) is 0 Å². The molecule has 1 aromatic rings. The average Bonchev–Trinajstić information content (AvgIpc) is 3.65. The largest absolute Gasteiger partial charge is 0.453 e. The van der Waals surface area contributed by atoms with Gasteiger partial charge in [0.2, 0.25) is 11.7 Å². The van der Waals surface area contributed by atoms with Crippen molar-refractivity contribution in [2.75, 3.05) is 0 Å². The number of hydrogen-bond acceptors (Lipinski definition) is 12. The van der Waals surface area contributed by atoms with E-state index in [-0.39, 0.29) is 35.5 Å². The molecule has 6 rings (SSSR count). The van der Waals surface area contributed by atoms with E-state index in [1.54, 1.807) is 13.0 Å². The topological polar surface area (TPSA) is 188 Å². The van der Waals surface area contributed by atoms with E-state index in [2.05, 4.69) is 31.6 Å². The van der Waals surface area contributed by atoms with Crippen molar-refractivity contribution in [1.82, 2.24) is 10.9 Å². The third-order valence-corrected chi connectivity index (χ3v) is 16.3. The highest BCUT2D eigenvalue weighted by molar-refractivity contribution is 5.93. The fourth-order valence-corrected chi connectivity index (χ4v) is 11.8. The molecule has 6 unspecified atom stereocenters. The van der Waals surface area contributed by atoms with Crippen LogP contribution in [0, 0.1) is 41.4 Å². The zero-order valence-electron chi connectivity index (χ0n) is 41.8. The zero-order chi connectivity index (χ0) is 49.1. The van der Waals surface area contributed by atoms with Gasteiger partial charge in [0.05, 0.1) is 53.7 Å². The van der Waals surface area contributed by atoms with E-state index in [4.69, 9.17) is 28.4 Å². The van der Waals surface area contributed by atoms with E-state index >= 15 is 0 Å². The van der Waals surface area contributed by atoms with Crippen LogP contribution in [0.1, 0.15) is 146 Å². The van der Waals surface area contributed by atoms with Crippen LogP contribution in [0.25, 0.3) is 6.08 Å². The van der Waals surface area contributed by atoms with Gasteiger partial charge in [0.25, 0.3) is 5.91 Å².